The molecule has 2 aromatic carbocycles. The molecule has 0 unspecified atom stereocenters. The van der Waals surface area contributed by atoms with Crippen LogP contribution in [0.2, 0.25) is 0 Å². The lowest BCUT2D eigenvalue weighted by molar-refractivity contribution is -0.130. The van der Waals surface area contributed by atoms with Gasteiger partial charge in [0.1, 0.15) is 5.75 Å². The fourth-order valence-electron chi connectivity index (χ4n) is 3.13. The molecule has 27 heavy (non-hydrogen) atoms. The number of nitrogens with zero attached hydrogens (tertiary/aromatic N) is 2. The van der Waals surface area contributed by atoms with Crippen molar-refractivity contribution in [2.45, 2.75) is 13.0 Å². The second-order valence-electron chi connectivity index (χ2n) is 6.66. The average Bonchev–Trinajstić information content (AvgIpc) is 2.68. The van der Waals surface area contributed by atoms with Crippen LogP contribution < -0.4 is 10.2 Å². The molecule has 1 atom stereocenters. The molecule has 1 aliphatic rings. The third-order valence-corrected chi connectivity index (χ3v) is 4.85. The molecule has 1 amide bonds. The van der Waals surface area contributed by atoms with Gasteiger partial charge in [-0.3, -0.25) is 4.79 Å². The molecule has 2 N–H and O–H groups in total. The van der Waals surface area contributed by atoms with E-state index < -0.39 is 11.6 Å². The van der Waals surface area contributed by atoms with Gasteiger partial charge in [-0.1, -0.05) is 6.07 Å². The highest BCUT2D eigenvalue weighted by Gasteiger charge is 2.21. The first-order valence-electron chi connectivity index (χ1n) is 8.94. The van der Waals surface area contributed by atoms with Crippen LogP contribution in [0.25, 0.3) is 0 Å². The van der Waals surface area contributed by atoms with E-state index in [1.54, 1.807) is 17.0 Å². The van der Waals surface area contributed by atoms with Crippen molar-refractivity contribution in [1.82, 2.24) is 10.2 Å². The zero-order valence-electron chi connectivity index (χ0n) is 15.2. The Labute approximate surface area is 157 Å². The van der Waals surface area contributed by atoms with E-state index >= 15 is 0 Å². The molecule has 2 aromatic rings. The van der Waals surface area contributed by atoms with Gasteiger partial charge in [0.2, 0.25) is 5.91 Å². The zero-order chi connectivity index (χ0) is 19.4. The van der Waals surface area contributed by atoms with E-state index in [9.17, 15) is 18.7 Å². The van der Waals surface area contributed by atoms with Crippen LogP contribution in [0.1, 0.15) is 18.5 Å². The minimum atomic E-state index is -0.891. The Morgan fingerprint density at radius 1 is 1.07 bits per heavy atom. The highest BCUT2D eigenvalue weighted by atomic mass is 19.2. The Hall–Kier alpha value is -2.67. The molecule has 0 aliphatic carbocycles. The van der Waals surface area contributed by atoms with Crippen molar-refractivity contribution in [3.63, 3.8) is 0 Å². The summed E-state index contributed by atoms with van der Waals surface area (Å²) in [6, 6.07) is 10.5. The maximum atomic E-state index is 13.3. The van der Waals surface area contributed by atoms with Gasteiger partial charge in [0.15, 0.2) is 11.6 Å². The van der Waals surface area contributed by atoms with E-state index in [0.29, 0.717) is 18.7 Å². The van der Waals surface area contributed by atoms with Gasteiger partial charge in [0, 0.05) is 37.9 Å². The molecule has 7 heteroatoms. The van der Waals surface area contributed by atoms with Crippen LogP contribution in [0, 0.1) is 11.6 Å². The molecule has 0 radical (unpaired) electrons. The van der Waals surface area contributed by atoms with Crippen molar-refractivity contribution in [3.8, 4) is 5.75 Å². The van der Waals surface area contributed by atoms with Crippen molar-refractivity contribution in [2.75, 3.05) is 37.6 Å². The summed E-state index contributed by atoms with van der Waals surface area (Å²) in [5, 5.41) is 12.4. The molecular weight excluding hydrogens is 352 g/mol. The lowest BCUT2D eigenvalue weighted by atomic mass is 10.1. The summed E-state index contributed by atoms with van der Waals surface area (Å²) in [6.45, 7) is 4.61. The number of halogens is 2. The number of phenols is 1. The van der Waals surface area contributed by atoms with Crippen LogP contribution in [0.3, 0.4) is 0 Å². The van der Waals surface area contributed by atoms with E-state index in [-0.39, 0.29) is 24.2 Å². The monoisotopic (exact) mass is 375 g/mol. The molecule has 0 spiro atoms. The van der Waals surface area contributed by atoms with Crippen molar-refractivity contribution in [3.05, 3.63) is 59.7 Å². The van der Waals surface area contributed by atoms with Crippen molar-refractivity contribution in [2.24, 2.45) is 0 Å². The topological polar surface area (TPSA) is 55.8 Å². The first kappa shape index (κ1) is 19.1. The van der Waals surface area contributed by atoms with E-state index in [4.69, 9.17) is 0 Å². The summed E-state index contributed by atoms with van der Waals surface area (Å²) < 4.78 is 26.4. The molecule has 0 bridgehead atoms. The zero-order valence-corrected chi connectivity index (χ0v) is 15.2. The van der Waals surface area contributed by atoms with Gasteiger partial charge in [0.25, 0.3) is 0 Å². The summed E-state index contributed by atoms with van der Waals surface area (Å²) in [6.07, 6.45) is 0. The predicted molar refractivity (Wildman–Crippen MR) is 99.7 cm³/mol. The Morgan fingerprint density at radius 2 is 1.74 bits per heavy atom. The largest absolute Gasteiger partial charge is 0.508 e. The third kappa shape index (κ3) is 4.74. The molecule has 1 heterocycles. The van der Waals surface area contributed by atoms with Gasteiger partial charge in [-0.25, -0.2) is 8.78 Å². The number of aromatic hydroxyl groups is 1. The van der Waals surface area contributed by atoms with Crippen LogP contribution in [-0.2, 0) is 4.79 Å². The molecule has 1 fully saturated rings. The number of benzene rings is 2. The number of anilines is 1. The number of amides is 1. The fourth-order valence-corrected chi connectivity index (χ4v) is 3.13. The van der Waals surface area contributed by atoms with E-state index in [0.717, 1.165) is 30.9 Å². The Morgan fingerprint density at radius 3 is 2.37 bits per heavy atom. The normalized spacial score (nSPS) is 15.7. The standard InChI is InChI=1S/C20H23F2N3O2/c1-14(15-2-7-18(21)19(22)12-15)23-13-20(27)25-10-8-24(9-11-25)16-3-5-17(26)6-4-16/h2-7,12,14,23,26H,8-11,13H2,1H3/t14-/m0/s1. The van der Waals surface area contributed by atoms with Crippen LogP contribution >= 0.6 is 0 Å². The lowest BCUT2D eigenvalue weighted by Gasteiger charge is -2.36. The van der Waals surface area contributed by atoms with E-state index in [1.807, 2.05) is 19.1 Å². The second-order valence-corrected chi connectivity index (χ2v) is 6.66. The molecular formula is C20H23F2N3O2. The quantitative estimate of drug-likeness (QED) is 0.844. The first-order valence-corrected chi connectivity index (χ1v) is 8.94. The van der Waals surface area contributed by atoms with Gasteiger partial charge in [-0.2, -0.15) is 0 Å². The Balaban J connectivity index is 1.47. The van der Waals surface area contributed by atoms with Gasteiger partial charge >= 0.3 is 0 Å². The number of hydrogen-bond acceptors (Lipinski definition) is 4. The maximum Gasteiger partial charge on any atom is 0.236 e. The van der Waals surface area contributed by atoms with Gasteiger partial charge in [-0.05, 0) is 48.9 Å². The number of piperazine rings is 1. The second kappa shape index (κ2) is 8.35. The number of carbonyl (C=O) groups excluding carboxylic acids is 1. The van der Waals surface area contributed by atoms with Crippen LogP contribution in [0.4, 0.5) is 14.5 Å². The number of carbonyl (C=O) groups is 1. The Kier molecular flexibility index (Phi) is 5.91. The summed E-state index contributed by atoms with van der Waals surface area (Å²) in [5.41, 5.74) is 1.61. The molecule has 144 valence electrons. The third-order valence-electron chi connectivity index (χ3n) is 4.85. The van der Waals surface area contributed by atoms with Crippen molar-refractivity contribution < 1.29 is 18.7 Å². The van der Waals surface area contributed by atoms with Crippen LogP contribution in [0.5, 0.6) is 5.75 Å². The van der Waals surface area contributed by atoms with E-state index in [2.05, 4.69) is 10.2 Å². The first-order chi connectivity index (χ1) is 12.9. The molecule has 5 nitrogen and oxygen atoms in total. The maximum absolute atomic E-state index is 13.3. The summed E-state index contributed by atoms with van der Waals surface area (Å²) in [4.78, 5) is 16.4. The highest BCUT2D eigenvalue weighted by Crippen LogP contribution is 2.20. The number of rotatable bonds is 5. The van der Waals surface area contributed by atoms with Crippen molar-refractivity contribution in [1.29, 1.82) is 0 Å². The lowest BCUT2D eigenvalue weighted by Crippen LogP contribution is -2.51. The van der Waals surface area contributed by atoms with Crippen LogP contribution in [0.15, 0.2) is 42.5 Å². The van der Waals surface area contributed by atoms with Gasteiger partial charge < -0.3 is 20.2 Å². The average molecular weight is 375 g/mol. The minimum Gasteiger partial charge on any atom is -0.508 e. The summed E-state index contributed by atoms with van der Waals surface area (Å²) in [5.74, 6) is -1.56. The van der Waals surface area contributed by atoms with Crippen molar-refractivity contribution >= 4 is 11.6 Å². The number of hydrogen-bond donors (Lipinski definition) is 2. The van der Waals surface area contributed by atoms with Gasteiger partial charge in [-0.15, -0.1) is 0 Å². The SMILES string of the molecule is C[C@H](NCC(=O)N1CCN(c2ccc(O)cc2)CC1)c1ccc(F)c(F)c1. The molecule has 1 aliphatic heterocycles. The fraction of sp³-hybridized carbons (Fsp3) is 0.350. The number of nitrogens with one attached hydrogen (secondary N) is 1. The predicted octanol–water partition coefficient (Wildman–Crippen LogP) is 2.67. The molecule has 3 rings (SSSR count). The van der Waals surface area contributed by atoms with Gasteiger partial charge in [0.05, 0.1) is 6.54 Å². The van der Waals surface area contributed by atoms with E-state index in [1.165, 1.54) is 6.07 Å². The molecule has 0 saturated carbocycles. The summed E-state index contributed by atoms with van der Waals surface area (Å²) >= 11 is 0. The minimum absolute atomic E-state index is 0.0187. The smallest absolute Gasteiger partial charge is 0.236 e. The molecule has 0 aromatic heterocycles. The molecule has 1 saturated heterocycles. The Bertz CT molecular complexity index is 790. The summed E-state index contributed by atoms with van der Waals surface area (Å²) in [7, 11) is 0. The highest BCUT2D eigenvalue weighted by molar-refractivity contribution is 5.78. The number of phenolic OH excluding ortho intramolecular Hbond substituents is 1. The van der Waals surface area contributed by atoms with Crippen LogP contribution in [-0.4, -0.2) is 48.6 Å².